The van der Waals surface area contributed by atoms with Gasteiger partial charge in [-0.15, -0.1) is 0 Å². The van der Waals surface area contributed by atoms with Crippen molar-refractivity contribution < 1.29 is 9.90 Å². The standard InChI is InChI=1S/C13H17N3O2/c1-9(2)16(7-3-6-14)12-8-10(15)4-5-11(12)13(17)18/h4-5,8-9H,3,7,15H2,1-2H3,(H,17,18). The molecule has 1 rings (SSSR count). The zero-order valence-electron chi connectivity index (χ0n) is 10.6. The average Bonchev–Trinajstić information content (AvgIpc) is 2.28. The van der Waals surface area contributed by atoms with E-state index in [9.17, 15) is 9.90 Å². The molecule has 0 unspecified atom stereocenters. The molecule has 0 spiro atoms. The van der Waals surface area contributed by atoms with E-state index < -0.39 is 5.97 Å². The van der Waals surface area contributed by atoms with Crippen molar-refractivity contribution in [3.05, 3.63) is 23.8 Å². The molecular weight excluding hydrogens is 230 g/mol. The monoisotopic (exact) mass is 247 g/mol. The molecule has 18 heavy (non-hydrogen) atoms. The molecular formula is C13H17N3O2. The van der Waals surface area contributed by atoms with Gasteiger partial charge in [0.1, 0.15) is 0 Å². The number of hydrogen-bond donors (Lipinski definition) is 2. The highest BCUT2D eigenvalue weighted by atomic mass is 16.4. The van der Waals surface area contributed by atoms with Gasteiger partial charge in [0.15, 0.2) is 0 Å². The van der Waals surface area contributed by atoms with Crippen LogP contribution in [0.1, 0.15) is 30.6 Å². The first-order chi connectivity index (χ1) is 8.47. The molecule has 0 amide bonds. The van der Waals surface area contributed by atoms with Gasteiger partial charge in [-0.05, 0) is 32.0 Å². The number of nitrogen functional groups attached to an aromatic ring is 1. The summed E-state index contributed by atoms with van der Waals surface area (Å²) < 4.78 is 0. The SMILES string of the molecule is CC(C)N(CCC#N)c1cc(N)ccc1C(=O)O. The maximum atomic E-state index is 11.2. The third kappa shape index (κ3) is 3.14. The molecule has 3 N–H and O–H groups in total. The molecule has 0 atom stereocenters. The van der Waals surface area contributed by atoms with Crippen molar-refractivity contribution >= 4 is 17.3 Å². The van der Waals surface area contributed by atoms with Crippen molar-refractivity contribution in [2.45, 2.75) is 26.3 Å². The number of nitriles is 1. The van der Waals surface area contributed by atoms with Gasteiger partial charge in [0.25, 0.3) is 0 Å². The van der Waals surface area contributed by atoms with Gasteiger partial charge in [0.05, 0.1) is 23.7 Å². The fourth-order valence-corrected chi connectivity index (χ4v) is 1.79. The van der Waals surface area contributed by atoms with Crippen molar-refractivity contribution in [1.29, 1.82) is 5.26 Å². The van der Waals surface area contributed by atoms with Gasteiger partial charge in [-0.2, -0.15) is 5.26 Å². The van der Waals surface area contributed by atoms with Crippen molar-refractivity contribution in [2.24, 2.45) is 0 Å². The molecule has 0 radical (unpaired) electrons. The minimum Gasteiger partial charge on any atom is -0.478 e. The fourth-order valence-electron chi connectivity index (χ4n) is 1.79. The number of aromatic carboxylic acids is 1. The highest BCUT2D eigenvalue weighted by Crippen LogP contribution is 2.25. The number of rotatable bonds is 5. The zero-order valence-corrected chi connectivity index (χ0v) is 10.6. The molecule has 5 heteroatoms. The smallest absolute Gasteiger partial charge is 0.337 e. The first kappa shape index (κ1) is 13.8. The second-order valence-corrected chi connectivity index (χ2v) is 4.28. The van der Waals surface area contributed by atoms with Crippen molar-refractivity contribution in [3.8, 4) is 6.07 Å². The summed E-state index contributed by atoms with van der Waals surface area (Å²) in [6, 6.07) is 6.86. The minimum absolute atomic E-state index is 0.0956. The maximum absolute atomic E-state index is 11.2. The Morgan fingerprint density at radius 2 is 2.22 bits per heavy atom. The van der Waals surface area contributed by atoms with Crippen molar-refractivity contribution in [2.75, 3.05) is 17.2 Å². The Bertz CT molecular complexity index is 478. The Balaban J connectivity index is 3.21. The summed E-state index contributed by atoms with van der Waals surface area (Å²) in [6.07, 6.45) is 0.339. The third-order valence-electron chi connectivity index (χ3n) is 2.65. The number of hydrogen-bond acceptors (Lipinski definition) is 4. The zero-order chi connectivity index (χ0) is 13.7. The third-order valence-corrected chi connectivity index (χ3v) is 2.65. The number of anilines is 2. The largest absolute Gasteiger partial charge is 0.478 e. The van der Waals surface area contributed by atoms with Gasteiger partial charge in [-0.1, -0.05) is 0 Å². The molecule has 0 aliphatic carbocycles. The number of carboxylic acid groups (broad SMARTS) is 1. The van der Waals surface area contributed by atoms with Crippen LogP contribution in [0.2, 0.25) is 0 Å². The number of carboxylic acids is 1. The van der Waals surface area contributed by atoms with Crippen molar-refractivity contribution in [1.82, 2.24) is 0 Å². The van der Waals surface area contributed by atoms with Crippen molar-refractivity contribution in [3.63, 3.8) is 0 Å². The van der Waals surface area contributed by atoms with Crippen LogP contribution >= 0.6 is 0 Å². The summed E-state index contributed by atoms with van der Waals surface area (Å²) in [5.41, 5.74) is 6.99. The normalized spacial score (nSPS) is 10.1. The molecule has 0 aliphatic rings. The predicted octanol–water partition coefficient (Wildman–Crippen LogP) is 2.10. The number of nitrogens with two attached hydrogens (primary N) is 1. The first-order valence-electron chi connectivity index (χ1n) is 5.73. The lowest BCUT2D eigenvalue weighted by Crippen LogP contribution is -2.33. The second kappa shape index (κ2) is 5.92. The van der Waals surface area contributed by atoms with Crippen LogP contribution in [-0.2, 0) is 0 Å². The van der Waals surface area contributed by atoms with Crippen LogP contribution < -0.4 is 10.6 Å². The van der Waals surface area contributed by atoms with Crippen LogP contribution in [0.15, 0.2) is 18.2 Å². The van der Waals surface area contributed by atoms with Gasteiger partial charge >= 0.3 is 5.97 Å². The highest BCUT2D eigenvalue weighted by molar-refractivity contribution is 5.95. The van der Waals surface area contributed by atoms with E-state index in [-0.39, 0.29) is 11.6 Å². The molecule has 96 valence electrons. The Hall–Kier alpha value is -2.22. The molecule has 0 saturated heterocycles. The summed E-state index contributed by atoms with van der Waals surface area (Å²) in [4.78, 5) is 13.1. The molecule has 0 aromatic heterocycles. The van der Waals surface area contributed by atoms with Gasteiger partial charge in [0.2, 0.25) is 0 Å². The van der Waals surface area contributed by atoms with Crippen LogP contribution in [0.3, 0.4) is 0 Å². The fraction of sp³-hybridized carbons (Fsp3) is 0.385. The topological polar surface area (TPSA) is 90.4 Å². The Morgan fingerprint density at radius 3 is 2.72 bits per heavy atom. The van der Waals surface area contributed by atoms with Gasteiger partial charge in [-0.3, -0.25) is 0 Å². The molecule has 1 aromatic rings. The van der Waals surface area contributed by atoms with E-state index in [1.807, 2.05) is 18.7 Å². The summed E-state index contributed by atoms with van der Waals surface area (Å²) in [5, 5.41) is 17.8. The van der Waals surface area contributed by atoms with E-state index in [1.54, 1.807) is 12.1 Å². The molecule has 0 bridgehead atoms. The van der Waals surface area contributed by atoms with Crippen LogP contribution in [0, 0.1) is 11.3 Å². The maximum Gasteiger partial charge on any atom is 0.337 e. The van der Waals surface area contributed by atoms with Gasteiger partial charge in [-0.25, -0.2) is 4.79 Å². The number of nitrogens with zero attached hydrogens (tertiary/aromatic N) is 2. The second-order valence-electron chi connectivity index (χ2n) is 4.28. The lowest BCUT2D eigenvalue weighted by Gasteiger charge is -2.29. The summed E-state index contributed by atoms with van der Waals surface area (Å²) in [6.45, 7) is 4.39. The molecule has 1 aromatic carbocycles. The van der Waals surface area contributed by atoms with Crippen LogP contribution in [-0.4, -0.2) is 23.7 Å². The summed E-state index contributed by atoms with van der Waals surface area (Å²) in [7, 11) is 0. The average molecular weight is 247 g/mol. The highest BCUT2D eigenvalue weighted by Gasteiger charge is 2.18. The summed E-state index contributed by atoms with van der Waals surface area (Å²) >= 11 is 0. The van der Waals surface area contributed by atoms with E-state index in [2.05, 4.69) is 6.07 Å². The van der Waals surface area contributed by atoms with Gasteiger partial charge in [0, 0.05) is 18.3 Å². The summed E-state index contributed by atoms with van der Waals surface area (Å²) in [5.74, 6) is -0.993. The molecule has 0 heterocycles. The Kier molecular flexibility index (Phi) is 4.55. The van der Waals surface area contributed by atoms with E-state index in [4.69, 9.17) is 11.0 Å². The number of benzene rings is 1. The Labute approximate surface area is 106 Å². The van der Waals surface area contributed by atoms with Crippen LogP contribution in [0.4, 0.5) is 11.4 Å². The predicted molar refractivity (Wildman–Crippen MR) is 70.5 cm³/mol. The first-order valence-corrected chi connectivity index (χ1v) is 5.73. The van der Waals surface area contributed by atoms with E-state index >= 15 is 0 Å². The van der Waals surface area contributed by atoms with E-state index in [0.717, 1.165) is 0 Å². The minimum atomic E-state index is -0.993. The Morgan fingerprint density at radius 1 is 1.56 bits per heavy atom. The van der Waals surface area contributed by atoms with Gasteiger partial charge < -0.3 is 15.7 Å². The molecule has 5 nitrogen and oxygen atoms in total. The molecule has 0 saturated carbocycles. The lowest BCUT2D eigenvalue weighted by atomic mass is 10.1. The lowest BCUT2D eigenvalue weighted by molar-refractivity contribution is 0.0697. The van der Waals surface area contributed by atoms with Crippen LogP contribution in [0.25, 0.3) is 0 Å². The number of carbonyl (C=O) groups is 1. The quantitative estimate of drug-likeness (QED) is 0.777. The van der Waals surface area contributed by atoms with E-state index in [1.165, 1.54) is 6.07 Å². The molecule has 0 aliphatic heterocycles. The molecule has 0 fully saturated rings. The van der Waals surface area contributed by atoms with E-state index in [0.29, 0.717) is 24.3 Å². The van der Waals surface area contributed by atoms with Crippen LogP contribution in [0.5, 0.6) is 0 Å².